The van der Waals surface area contributed by atoms with Gasteiger partial charge in [-0.2, -0.15) is 0 Å². The van der Waals surface area contributed by atoms with Gasteiger partial charge in [0.15, 0.2) is 0 Å². The minimum absolute atomic E-state index is 0.469. The molecule has 13 heavy (non-hydrogen) atoms. The summed E-state index contributed by atoms with van der Waals surface area (Å²) in [6, 6.07) is -0.545. The zero-order valence-electron chi connectivity index (χ0n) is 7.69. The van der Waals surface area contributed by atoms with Crippen molar-refractivity contribution in [2.75, 3.05) is 0 Å². The van der Waals surface area contributed by atoms with Gasteiger partial charge in [-0.15, -0.1) is 0 Å². The number of hydrogen-bond acceptors (Lipinski definition) is 3. The normalized spacial score (nSPS) is 12.8. The highest BCUT2D eigenvalue weighted by molar-refractivity contribution is 5.72. The van der Waals surface area contributed by atoms with Crippen LogP contribution in [-0.2, 0) is 18.4 Å². The number of aliphatic carboxylic acids is 1. The van der Waals surface area contributed by atoms with Crippen molar-refractivity contribution < 1.29 is 9.90 Å². The average Bonchev–Trinajstić information content (AvgIpc) is 2.47. The Bertz CT molecular complexity index is 295. The first-order valence-corrected chi connectivity index (χ1v) is 4.03. The van der Waals surface area contributed by atoms with Crippen molar-refractivity contribution in [3.8, 4) is 0 Å². The summed E-state index contributed by atoms with van der Waals surface area (Å²) in [7, 11) is 1.87. The molecule has 5 heteroatoms. The first-order chi connectivity index (χ1) is 6.11. The molecule has 0 aliphatic heterocycles. The van der Waals surface area contributed by atoms with E-state index in [1.165, 1.54) is 0 Å². The third-order valence-corrected chi connectivity index (χ3v) is 1.86. The molecule has 1 aromatic rings. The maximum Gasteiger partial charge on any atom is 0.320 e. The van der Waals surface area contributed by atoms with Crippen molar-refractivity contribution in [2.24, 2.45) is 7.05 Å². The Morgan fingerprint density at radius 2 is 2.54 bits per heavy atom. The molecule has 0 bridgehead atoms. The van der Waals surface area contributed by atoms with Gasteiger partial charge in [0, 0.05) is 19.4 Å². The summed E-state index contributed by atoms with van der Waals surface area (Å²) in [5.74, 6) is -0.0256. The number of rotatable bonds is 4. The summed E-state index contributed by atoms with van der Waals surface area (Å²) in [6.45, 7) is 2.07. The molecule has 1 aromatic heterocycles. The second kappa shape index (κ2) is 4.04. The summed E-state index contributed by atoms with van der Waals surface area (Å²) in [5.41, 5.74) is 0. The third kappa shape index (κ3) is 2.55. The van der Waals surface area contributed by atoms with E-state index in [0.717, 1.165) is 5.82 Å². The van der Waals surface area contributed by atoms with Gasteiger partial charge >= 0.3 is 5.97 Å². The zero-order chi connectivity index (χ0) is 9.84. The molecule has 72 valence electrons. The van der Waals surface area contributed by atoms with Crippen LogP contribution in [0.2, 0.25) is 0 Å². The maximum atomic E-state index is 10.5. The van der Waals surface area contributed by atoms with E-state index in [2.05, 4.69) is 10.3 Å². The molecule has 0 unspecified atom stereocenters. The van der Waals surface area contributed by atoms with Crippen LogP contribution in [0.1, 0.15) is 12.7 Å². The minimum atomic E-state index is -0.853. The van der Waals surface area contributed by atoms with E-state index >= 15 is 0 Å². The van der Waals surface area contributed by atoms with Gasteiger partial charge in [0.05, 0.1) is 6.54 Å². The van der Waals surface area contributed by atoms with Crippen molar-refractivity contribution in [1.29, 1.82) is 0 Å². The summed E-state index contributed by atoms with van der Waals surface area (Å²) in [6.07, 6.45) is 3.50. The molecule has 0 fully saturated rings. The Balaban J connectivity index is 2.44. The highest BCUT2D eigenvalue weighted by Gasteiger charge is 2.10. The first kappa shape index (κ1) is 9.73. The molecule has 0 amide bonds. The van der Waals surface area contributed by atoms with Gasteiger partial charge in [-0.05, 0) is 6.92 Å². The molecule has 0 saturated heterocycles. The fourth-order valence-electron chi connectivity index (χ4n) is 0.899. The molecule has 1 atom stereocenters. The van der Waals surface area contributed by atoms with Crippen LogP contribution in [0.4, 0.5) is 0 Å². The highest BCUT2D eigenvalue weighted by Crippen LogP contribution is 1.94. The van der Waals surface area contributed by atoms with Crippen LogP contribution < -0.4 is 5.32 Å². The summed E-state index contributed by atoms with van der Waals surface area (Å²) >= 11 is 0. The molecule has 0 aliphatic rings. The predicted molar refractivity (Wildman–Crippen MR) is 47.1 cm³/mol. The lowest BCUT2D eigenvalue weighted by Crippen LogP contribution is -2.33. The van der Waals surface area contributed by atoms with Crippen molar-refractivity contribution >= 4 is 5.97 Å². The van der Waals surface area contributed by atoms with Gasteiger partial charge < -0.3 is 9.67 Å². The monoisotopic (exact) mass is 183 g/mol. The number of aryl methyl sites for hydroxylation is 1. The molecular formula is C8H13N3O2. The fraction of sp³-hybridized carbons (Fsp3) is 0.500. The maximum absolute atomic E-state index is 10.5. The van der Waals surface area contributed by atoms with Crippen molar-refractivity contribution in [1.82, 2.24) is 14.9 Å². The Kier molecular flexibility index (Phi) is 3.02. The zero-order valence-corrected chi connectivity index (χ0v) is 7.69. The smallest absolute Gasteiger partial charge is 0.320 e. The van der Waals surface area contributed by atoms with E-state index in [1.807, 2.05) is 17.8 Å². The topological polar surface area (TPSA) is 67.2 Å². The Morgan fingerprint density at radius 3 is 3.00 bits per heavy atom. The average molecular weight is 183 g/mol. The Hall–Kier alpha value is -1.36. The molecule has 0 spiro atoms. The molecule has 5 nitrogen and oxygen atoms in total. The van der Waals surface area contributed by atoms with Gasteiger partial charge in [-0.1, -0.05) is 0 Å². The first-order valence-electron chi connectivity index (χ1n) is 4.03. The van der Waals surface area contributed by atoms with Crippen LogP contribution >= 0.6 is 0 Å². The molecule has 0 aromatic carbocycles. The van der Waals surface area contributed by atoms with Gasteiger partial charge in [-0.3, -0.25) is 10.1 Å². The van der Waals surface area contributed by atoms with Crippen LogP contribution in [0, 0.1) is 0 Å². The molecular weight excluding hydrogens is 170 g/mol. The predicted octanol–water partition coefficient (Wildman–Crippen LogP) is -0.0172. The molecule has 0 aliphatic carbocycles. The molecule has 0 radical (unpaired) electrons. The molecule has 0 saturated carbocycles. The van der Waals surface area contributed by atoms with E-state index in [4.69, 9.17) is 5.11 Å². The molecule has 2 N–H and O–H groups in total. The van der Waals surface area contributed by atoms with Crippen molar-refractivity contribution in [3.05, 3.63) is 18.2 Å². The Labute approximate surface area is 76.4 Å². The highest BCUT2D eigenvalue weighted by atomic mass is 16.4. The van der Waals surface area contributed by atoms with Crippen LogP contribution in [-0.4, -0.2) is 26.7 Å². The summed E-state index contributed by atoms with van der Waals surface area (Å²) in [4.78, 5) is 14.5. The van der Waals surface area contributed by atoms with Crippen LogP contribution in [0.25, 0.3) is 0 Å². The van der Waals surface area contributed by atoms with Crippen LogP contribution in [0.3, 0.4) is 0 Å². The van der Waals surface area contributed by atoms with Crippen LogP contribution in [0.15, 0.2) is 12.4 Å². The second-order valence-corrected chi connectivity index (χ2v) is 2.90. The SMILES string of the molecule is C[C@H](NCc1nccn1C)C(=O)O. The lowest BCUT2D eigenvalue weighted by Gasteiger charge is -2.08. The number of imidazole rings is 1. The second-order valence-electron chi connectivity index (χ2n) is 2.90. The number of aromatic nitrogens is 2. The van der Waals surface area contributed by atoms with E-state index < -0.39 is 12.0 Å². The number of carboxylic acids is 1. The lowest BCUT2D eigenvalue weighted by molar-refractivity contribution is -0.139. The van der Waals surface area contributed by atoms with E-state index in [9.17, 15) is 4.79 Å². The number of hydrogen-bond donors (Lipinski definition) is 2. The standard InChI is InChI=1S/C8H13N3O2/c1-6(8(12)13)10-5-7-9-3-4-11(7)2/h3-4,6,10H,5H2,1-2H3,(H,12,13)/t6-/m0/s1. The third-order valence-electron chi connectivity index (χ3n) is 1.86. The van der Waals surface area contributed by atoms with Gasteiger partial charge in [0.25, 0.3) is 0 Å². The number of nitrogens with one attached hydrogen (secondary N) is 1. The number of nitrogens with zero attached hydrogens (tertiary/aromatic N) is 2. The van der Waals surface area contributed by atoms with Gasteiger partial charge in [0.2, 0.25) is 0 Å². The Morgan fingerprint density at radius 1 is 1.85 bits per heavy atom. The summed E-state index contributed by atoms with van der Waals surface area (Å²) in [5, 5.41) is 11.4. The minimum Gasteiger partial charge on any atom is -0.480 e. The summed E-state index contributed by atoms with van der Waals surface area (Å²) < 4.78 is 1.85. The molecule has 1 heterocycles. The lowest BCUT2D eigenvalue weighted by atomic mass is 10.3. The van der Waals surface area contributed by atoms with Crippen LogP contribution in [0.5, 0.6) is 0 Å². The number of carbonyl (C=O) groups is 1. The van der Waals surface area contributed by atoms with Gasteiger partial charge in [0.1, 0.15) is 11.9 Å². The van der Waals surface area contributed by atoms with E-state index in [-0.39, 0.29) is 0 Å². The van der Waals surface area contributed by atoms with E-state index in [1.54, 1.807) is 13.1 Å². The largest absolute Gasteiger partial charge is 0.480 e. The quantitative estimate of drug-likeness (QED) is 0.688. The fourth-order valence-corrected chi connectivity index (χ4v) is 0.899. The van der Waals surface area contributed by atoms with E-state index in [0.29, 0.717) is 6.54 Å². The number of carboxylic acid groups (broad SMARTS) is 1. The van der Waals surface area contributed by atoms with Crippen molar-refractivity contribution in [3.63, 3.8) is 0 Å². The van der Waals surface area contributed by atoms with Crippen molar-refractivity contribution in [2.45, 2.75) is 19.5 Å². The van der Waals surface area contributed by atoms with Gasteiger partial charge in [-0.25, -0.2) is 4.98 Å². The molecule has 1 rings (SSSR count).